The molecule has 0 aliphatic heterocycles. The smallest absolute Gasteiger partial charge is 0.407 e. The van der Waals surface area contributed by atoms with E-state index in [-0.39, 0.29) is 31.3 Å². The average molecular weight is 460 g/mol. The van der Waals surface area contributed by atoms with E-state index < -0.39 is 12.1 Å². The predicted octanol–water partition coefficient (Wildman–Crippen LogP) is 3.97. The third-order valence-electron chi connectivity index (χ3n) is 5.63. The third kappa shape index (κ3) is 5.58. The molecule has 4 rings (SSSR count). The first-order valence-corrected chi connectivity index (χ1v) is 11.1. The van der Waals surface area contributed by atoms with E-state index in [4.69, 9.17) is 9.84 Å². The zero-order chi connectivity index (χ0) is 23.9. The summed E-state index contributed by atoms with van der Waals surface area (Å²) in [6.45, 7) is 0.547. The molecule has 3 aromatic rings. The summed E-state index contributed by atoms with van der Waals surface area (Å²) in [4.78, 5) is 38.9. The molecule has 0 saturated heterocycles. The van der Waals surface area contributed by atoms with Gasteiger partial charge in [-0.05, 0) is 40.8 Å². The Morgan fingerprint density at radius 1 is 0.941 bits per heavy atom. The van der Waals surface area contributed by atoms with Gasteiger partial charge in [0.25, 0.3) is 0 Å². The Balaban J connectivity index is 1.18. The van der Waals surface area contributed by atoms with Crippen LogP contribution in [0.15, 0.2) is 66.9 Å². The molecule has 0 bridgehead atoms. The van der Waals surface area contributed by atoms with Gasteiger partial charge in [0.05, 0.1) is 24.0 Å². The van der Waals surface area contributed by atoms with Crippen LogP contribution < -0.4 is 10.6 Å². The van der Waals surface area contributed by atoms with Gasteiger partial charge in [-0.2, -0.15) is 0 Å². The van der Waals surface area contributed by atoms with Crippen molar-refractivity contribution < 1.29 is 24.2 Å². The highest BCUT2D eigenvalue weighted by atomic mass is 16.5. The van der Waals surface area contributed by atoms with Crippen LogP contribution in [0.1, 0.15) is 35.6 Å². The van der Waals surface area contributed by atoms with E-state index in [2.05, 4.69) is 39.9 Å². The lowest BCUT2D eigenvalue weighted by Gasteiger charge is -2.14. The Hall–Kier alpha value is -4.20. The highest BCUT2D eigenvalue weighted by molar-refractivity contribution is 5.90. The number of hydrogen-bond acceptors (Lipinski definition) is 5. The molecule has 8 nitrogen and oxygen atoms in total. The van der Waals surface area contributed by atoms with Gasteiger partial charge in [0.1, 0.15) is 6.61 Å². The number of nitrogens with one attached hydrogen (secondary N) is 2. The SMILES string of the molecule is O=C(O)Cc1ccc(NC(=O)CCCNC(=O)OCC2c3ccccc3-c3ccccc32)cn1. The Morgan fingerprint density at radius 3 is 2.24 bits per heavy atom. The van der Waals surface area contributed by atoms with Crippen LogP contribution in [0.25, 0.3) is 11.1 Å². The molecule has 0 saturated carbocycles. The lowest BCUT2D eigenvalue weighted by atomic mass is 9.98. The minimum absolute atomic E-state index is 0.000533. The van der Waals surface area contributed by atoms with Crippen molar-refractivity contribution in [1.29, 1.82) is 0 Å². The number of alkyl carbamates (subject to hydrolysis) is 1. The summed E-state index contributed by atoms with van der Waals surface area (Å²) < 4.78 is 5.48. The Kier molecular flexibility index (Phi) is 7.17. The second kappa shape index (κ2) is 10.6. The number of fused-ring (bicyclic) bond motifs is 3. The maximum atomic E-state index is 12.2. The number of nitrogens with zero attached hydrogens (tertiary/aromatic N) is 1. The van der Waals surface area contributed by atoms with Gasteiger partial charge in [0.2, 0.25) is 5.91 Å². The molecule has 2 aromatic carbocycles. The summed E-state index contributed by atoms with van der Waals surface area (Å²) in [5, 5.41) is 14.1. The Labute approximate surface area is 197 Å². The van der Waals surface area contributed by atoms with Gasteiger partial charge in [-0.3, -0.25) is 14.6 Å². The van der Waals surface area contributed by atoms with Crippen LogP contribution in [0.5, 0.6) is 0 Å². The van der Waals surface area contributed by atoms with E-state index in [1.807, 2.05) is 24.3 Å². The zero-order valence-electron chi connectivity index (χ0n) is 18.5. The minimum atomic E-state index is -0.965. The molecule has 2 amide bonds. The summed E-state index contributed by atoms with van der Waals surface area (Å²) >= 11 is 0. The number of aromatic nitrogens is 1. The molecule has 0 spiro atoms. The predicted molar refractivity (Wildman–Crippen MR) is 127 cm³/mol. The fourth-order valence-electron chi connectivity index (χ4n) is 4.07. The summed E-state index contributed by atoms with van der Waals surface area (Å²) in [6, 6.07) is 19.5. The molecule has 0 radical (unpaired) electrons. The molecule has 174 valence electrons. The van der Waals surface area contributed by atoms with E-state index in [0.717, 1.165) is 11.1 Å². The van der Waals surface area contributed by atoms with Gasteiger partial charge >= 0.3 is 12.1 Å². The van der Waals surface area contributed by atoms with Gasteiger partial charge in [-0.1, -0.05) is 48.5 Å². The van der Waals surface area contributed by atoms with Crippen LogP contribution in [0.4, 0.5) is 10.5 Å². The van der Waals surface area contributed by atoms with Crippen molar-refractivity contribution in [2.24, 2.45) is 0 Å². The van der Waals surface area contributed by atoms with Crippen molar-refractivity contribution in [3.8, 4) is 11.1 Å². The summed E-state index contributed by atoms with van der Waals surface area (Å²) in [5.74, 6) is -1.19. The fourth-order valence-corrected chi connectivity index (χ4v) is 4.07. The lowest BCUT2D eigenvalue weighted by Crippen LogP contribution is -2.27. The van der Waals surface area contributed by atoms with Crippen LogP contribution in [0.3, 0.4) is 0 Å². The zero-order valence-corrected chi connectivity index (χ0v) is 18.5. The molecule has 1 heterocycles. The number of anilines is 1. The number of benzene rings is 2. The first-order chi connectivity index (χ1) is 16.5. The normalized spacial score (nSPS) is 11.9. The van der Waals surface area contributed by atoms with Crippen molar-refractivity contribution in [3.63, 3.8) is 0 Å². The molecule has 34 heavy (non-hydrogen) atoms. The topological polar surface area (TPSA) is 118 Å². The highest BCUT2D eigenvalue weighted by Gasteiger charge is 2.28. The second-order valence-corrected chi connectivity index (χ2v) is 8.01. The first-order valence-electron chi connectivity index (χ1n) is 11.1. The van der Waals surface area contributed by atoms with Crippen molar-refractivity contribution in [1.82, 2.24) is 10.3 Å². The molecule has 8 heteroatoms. The summed E-state index contributed by atoms with van der Waals surface area (Å²) in [6.07, 6.45) is 1.39. The largest absolute Gasteiger partial charge is 0.481 e. The van der Waals surface area contributed by atoms with Crippen molar-refractivity contribution in [2.75, 3.05) is 18.5 Å². The summed E-state index contributed by atoms with van der Waals surface area (Å²) in [5.41, 5.74) is 5.55. The maximum Gasteiger partial charge on any atom is 0.407 e. The highest BCUT2D eigenvalue weighted by Crippen LogP contribution is 2.44. The van der Waals surface area contributed by atoms with E-state index in [0.29, 0.717) is 24.3 Å². The van der Waals surface area contributed by atoms with Crippen molar-refractivity contribution in [2.45, 2.75) is 25.2 Å². The van der Waals surface area contributed by atoms with Crippen LogP contribution in [0.2, 0.25) is 0 Å². The maximum absolute atomic E-state index is 12.2. The first kappa shape index (κ1) is 23.0. The molecular weight excluding hydrogens is 434 g/mol. The standard InChI is InChI=1S/C26H25N3O5/c30-24(29-18-12-11-17(28-15-18)14-25(31)32)10-5-13-27-26(33)34-16-23-21-8-3-1-6-19(21)20-7-2-4-9-22(20)23/h1-4,6-9,11-12,15,23H,5,10,13-14,16H2,(H,27,33)(H,29,30)(H,31,32). The van der Waals surface area contributed by atoms with Crippen molar-refractivity contribution in [3.05, 3.63) is 83.7 Å². The van der Waals surface area contributed by atoms with Crippen LogP contribution in [-0.4, -0.2) is 41.2 Å². The van der Waals surface area contributed by atoms with E-state index >= 15 is 0 Å². The molecule has 0 atom stereocenters. The molecule has 0 fully saturated rings. The molecule has 1 aliphatic carbocycles. The minimum Gasteiger partial charge on any atom is -0.481 e. The van der Waals surface area contributed by atoms with Gasteiger partial charge in [0, 0.05) is 18.9 Å². The van der Waals surface area contributed by atoms with Crippen LogP contribution >= 0.6 is 0 Å². The molecule has 1 aliphatic rings. The molecular formula is C26H25N3O5. The van der Waals surface area contributed by atoms with Gasteiger partial charge in [-0.15, -0.1) is 0 Å². The van der Waals surface area contributed by atoms with Gasteiger partial charge < -0.3 is 20.5 Å². The number of aliphatic carboxylic acids is 1. The Bertz CT molecular complexity index is 1150. The number of carboxylic acid groups (broad SMARTS) is 1. The number of ether oxygens (including phenoxy) is 1. The number of pyridine rings is 1. The van der Waals surface area contributed by atoms with Gasteiger partial charge in [-0.25, -0.2) is 4.79 Å². The van der Waals surface area contributed by atoms with Gasteiger partial charge in [0.15, 0.2) is 0 Å². The van der Waals surface area contributed by atoms with Crippen LogP contribution in [0, 0.1) is 0 Å². The van der Waals surface area contributed by atoms with E-state index in [1.54, 1.807) is 12.1 Å². The number of carboxylic acids is 1. The van der Waals surface area contributed by atoms with E-state index in [9.17, 15) is 14.4 Å². The second-order valence-electron chi connectivity index (χ2n) is 8.01. The van der Waals surface area contributed by atoms with E-state index in [1.165, 1.54) is 17.3 Å². The number of carbonyl (C=O) groups is 3. The number of carbonyl (C=O) groups excluding carboxylic acids is 2. The quantitative estimate of drug-likeness (QED) is 0.417. The number of amides is 2. The lowest BCUT2D eigenvalue weighted by molar-refractivity contribution is -0.136. The summed E-state index contributed by atoms with van der Waals surface area (Å²) in [7, 11) is 0. The fraction of sp³-hybridized carbons (Fsp3) is 0.231. The van der Waals surface area contributed by atoms with Crippen LogP contribution in [-0.2, 0) is 20.7 Å². The van der Waals surface area contributed by atoms with Crippen molar-refractivity contribution >= 4 is 23.7 Å². The Morgan fingerprint density at radius 2 is 1.62 bits per heavy atom. The number of hydrogen-bond donors (Lipinski definition) is 3. The third-order valence-corrected chi connectivity index (χ3v) is 5.63. The molecule has 3 N–H and O–H groups in total. The average Bonchev–Trinajstić information content (AvgIpc) is 3.15. The number of rotatable bonds is 9. The monoisotopic (exact) mass is 459 g/mol. The molecule has 0 unspecified atom stereocenters. The molecule has 1 aromatic heterocycles.